The second-order valence-corrected chi connectivity index (χ2v) is 15.0. The number of amides is 1. The van der Waals surface area contributed by atoms with Crippen molar-refractivity contribution in [3.05, 3.63) is 60.6 Å². The fourth-order valence-corrected chi connectivity index (χ4v) is 7.04. The number of imidazole rings is 2. The quantitative estimate of drug-likeness (QED) is 0.329. The molecular weight excluding hydrogens is 580 g/mol. The third-order valence-corrected chi connectivity index (χ3v) is 9.55. The predicted molar refractivity (Wildman–Crippen MR) is 167 cm³/mol. The number of hydrogen-bond acceptors (Lipinski definition) is 8. The monoisotopic (exact) mass is 624 g/mol. The number of carbonyl (C=O) groups excluding carboxylic acids is 1. The van der Waals surface area contributed by atoms with E-state index in [-0.39, 0.29) is 30.1 Å². The number of likely N-dealkylation sites (tertiary alicyclic amines) is 1. The zero-order chi connectivity index (χ0) is 32.3. The lowest BCUT2D eigenvalue weighted by molar-refractivity contribution is 0.0177. The molecule has 44 heavy (non-hydrogen) atoms. The molecule has 1 amide bonds. The number of sulfonamides is 1. The van der Waals surface area contributed by atoms with Crippen LogP contribution in [-0.4, -0.2) is 80.1 Å². The third-order valence-electron chi connectivity index (χ3n) is 7.85. The molecule has 1 aliphatic rings. The Balaban J connectivity index is 1.62. The summed E-state index contributed by atoms with van der Waals surface area (Å²) < 4.78 is 38.9. The van der Waals surface area contributed by atoms with E-state index >= 15 is 0 Å². The van der Waals surface area contributed by atoms with Gasteiger partial charge in [-0.3, -0.25) is 0 Å². The molecule has 0 radical (unpaired) electrons. The maximum Gasteiger partial charge on any atom is 0.410 e. The summed E-state index contributed by atoms with van der Waals surface area (Å²) in [5.74, 6) is 0.0448. The van der Waals surface area contributed by atoms with Crippen LogP contribution in [0.2, 0.25) is 0 Å². The maximum atomic E-state index is 14.1. The van der Waals surface area contributed by atoms with E-state index in [1.165, 1.54) is 12.5 Å². The van der Waals surface area contributed by atoms with Crippen molar-refractivity contribution in [1.82, 2.24) is 28.3 Å². The van der Waals surface area contributed by atoms with Crippen molar-refractivity contribution < 1.29 is 17.9 Å². The molecule has 1 saturated heterocycles. The number of anilines is 1. The molecule has 12 nitrogen and oxygen atoms in total. The number of carbonyl (C=O) groups is 1. The van der Waals surface area contributed by atoms with Gasteiger partial charge in [-0.05, 0) is 77.6 Å². The molecule has 1 aliphatic heterocycles. The van der Waals surface area contributed by atoms with Crippen LogP contribution in [-0.2, 0) is 35.4 Å². The number of aryl methyl sites for hydroxylation is 2. The number of hydrogen-bond donors (Lipinski definition) is 0. The third kappa shape index (κ3) is 7.98. The van der Waals surface area contributed by atoms with Gasteiger partial charge in [-0.2, -0.15) is 9.57 Å². The van der Waals surface area contributed by atoms with Gasteiger partial charge in [0.2, 0.25) is 0 Å². The smallest absolute Gasteiger partial charge is 0.410 e. The standard InChI is InChI=1S/C31H44N8O4S/c1-30(2,3)43-29(40)37-14-12-25(13-15-37)18-38(44(41,42)28-20-35(6)23-34-28)21-31(4,5)39(19-27-17-33-22-36(27)7)26-10-8-24(16-32)9-11-26/h8-11,17,20,22-23,25H,12-15,18-19,21H2,1-7H3. The summed E-state index contributed by atoms with van der Waals surface area (Å²) in [7, 11) is -0.287. The van der Waals surface area contributed by atoms with E-state index in [9.17, 15) is 18.5 Å². The van der Waals surface area contributed by atoms with Crippen LogP contribution in [0.1, 0.15) is 58.7 Å². The van der Waals surface area contributed by atoms with Crippen LogP contribution < -0.4 is 4.90 Å². The van der Waals surface area contributed by atoms with Gasteiger partial charge in [0.05, 0.1) is 36.5 Å². The molecule has 0 bridgehead atoms. The molecule has 0 saturated carbocycles. The molecule has 2 aromatic heterocycles. The molecule has 0 unspecified atom stereocenters. The van der Waals surface area contributed by atoms with Gasteiger partial charge in [-0.15, -0.1) is 0 Å². The summed E-state index contributed by atoms with van der Waals surface area (Å²) >= 11 is 0. The maximum absolute atomic E-state index is 14.1. The van der Waals surface area contributed by atoms with E-state index in [1.807, 2.05) is 58.4 Å². The van der Waals surface area contributed by atoms with Gasteiger partial charge in [-0.25, -0.2) is 23.2 Å². The molecule has 0 spiro atoms. The number of aromatic nitrogens is 4. The lowest BCUT2D eigenvalue weighted by Crippen LogP contribution is -2.54. The highest BCUT2D eigenvalue weighted by Gasteiger charge is 2.38. The first kappa shape index (κ1) is 33.0. The minimum atomic E-state index is -3.95. The van der Waals surface area contributed by atoms with Crippen LogP contribution in [0.4, 0.5) is 10.5 Å². The SMILES string of the molecule is Cn1cnc(S(=O)(=O)N(CC2CCN(C(=O)OC(C)(C)C)CC2)CC(C)(C)N(Cc2cncn2C)c2ccc(C#N)cc2)c1. The summed E-state index contributed by atoms with van der Waals surface area (Å²) in [6.07, 6.45) is 7.51. The number of benzene rings is 1. The van der Waals surface area contributed by atoms with E-state index in [0.717, 1.165) is 11.4 Å². The van der Waals surface area contributed by atoms with Crippen molar-refractivity contribution in [3.8, 4) is 6.07 Å². The lowest BCUT2D eigenvalue weighted by Gasteiger charge is -2.44. The first-order chi connectivity index (χ1) is 20.6. The molecule has 0 aliphatic carbocycles. The van der Waals surface area contributed by atoms with Gasteiger partial charge in [0, 0.05) is 63.9 Å². The van der Waals surface area contributed by atoms with E-state index < -0.39 is 21.2 Å². The van der Waals surface area contributed by atoms with E-state index in [4.69, 9.17) is 4.74 Å². The Labute approximate surface area is 260 Å². The molecule has 0 N–H and O–H groups in total. The number of piperidine rings is 1. The Kier molecular flexibility index (Phi) is 9.75. The Bertz CT molecular complexity index is 1570. The minimum Gasteiger partial charge on any atom is -0.444 e. The summed E-state index contributed by atoms with van der Waals surface area (Å²) in [5, 5.41) is 9.36. The fourth-order valence-electron chi connectivity index (χ4n) is 5.40. The van der Waals surface area contributed by atoms with Gasteiger partial charge in [0.25, 0.3) is 10.0 Å². The molecule has 1 fully saturated rings. The van der Waals surface area contributed by atoms with Gasteiger partial charge >= 0.3 is 6.09 Å². The van der Waals surface area contributed by atoms with Crippen LogP contribution in [0.25, 0.3) is 0 Å². The lowest BCUT2D eigenvalue weighted by atomic mass is 9.95. The Morgan fingerprint density at radius 1 is 1.09 bits per heavy atom. The zero-order valence-electron chi connectivity index (χ0n) is 26.8. The first-order valence-electron chi connectivity index (χ1n) is 14.8. The second kappa shape index (κ2) is 13.0. The first-order valence-corrected chi connectivity index (χ1v) is 16.2. The van der Waals surface area contributed by atoms with E-state index in [0.29, 0.717) is 38.0 Å². The fraction of sp³-hybridized carbons (Fsp3) is 0.548. The Hall–Kier alpha value is -3.89. The normalized spacial score (nSPS) is 14.9. The molecule has 3 aromatic rings. The Morgan fingerprint density at radius 3 is 2.27 bits per heavy atom. The van der Waals surface area contributed by atoms with E-state index in [2.05, 4.69) is 20.9 Å². The van der Waals surface area contributed by atoms with Crippen LogP contribution in [0.3, 0.4) is 0 Å². The number of nitrogens with zero attached hydrogens (tertiary/aromatic N) is 8. The summed E-state index contributed by atoms with van der Waals surface area (Å²) in [6.45, 7) is 11.5. The molecule has 238 valence electrons. The van der Waals surface area contributed by atoms with Crippen LogP contribution in [0.15, 0.2) is 54.3 Å². The topological polar surface area (TPSA) is 130 Å². The summed E-state index contributed by atoms with van der Waals surface area (Å²) in [4.78, 5) is 25.0. The molecule has 0 atom stereocenters. The largest absolute Gasteiger partial charge is 0.444 e. The highest BCUT2D eigenvalue weighted by molar-refractivity contribution is 7.89. The van der Waals surface area contributed by atoms with Gasteiger partial charge in [0.15, 0.2) is 5.03 Å². The summed E-state index contributed by atoms with van der Waals surface area (Å²) in [5.41, 5.74) is 1.08. The van der Waals surface area contributed by atoms with Crippen molar-refractivity contribution in [3.63, 3.8) is 0 Å². The number of rotatable bonds is 10. The van der Waals surface area contributed by atoms with Crippen molar-refractivity contribution >= 4 is 21.8 Å². The predicted octanol–water partition coefficient (Wildman–Crippen LogP) is 4.15. The highest BCUT2D eigenvalue weighted by atomic mass is 32.2. The molecular formula is C31H44N8O4S. The highest BCUT2D eigenvalue weighted by Crippen LogP contribution is 2.31. The van der Waals surface area contributed by atoms with Crippen LogP contribution >= 0.6 is 0 Å². The number of ether oxygens (including phenoxy) is 1. The van der Waals surface area contributed by atoms with E-state index in [1.54, 1.807) is 45.5 Å². The average molecular weight is 625 g/mol. The minimum absolute atomic E-state index is 0.00134. The molecule has 1 aromatic carbocycles. The average Bonchev–Trinajstić information content (AvgIpc) is 3.58. The van der Waals surface area contributed by atoms with Gasteiger partial charge in [-0.1, -0.05) is 0 Å². The van der Waals surface area contributed by atoms with Crippen LogP contribution in [0.5, 0.6) is 0 Å². The summed E-state index contributed by atoms with van der Waals surface area (Å²) in [6, 6.07) is 9.48. The van der Waals surface area contributed by atoms with Gasteiger partial charge in [0.1, 0.15) is 5.60 Å². The van der Waals surface area contributed by atoms with Crippen molar-refractivity contribution in [2.45, 2.75) is 70.2 Å². The number of nitriles is 1. The van der Waals surface area contributed by atoms with Crippen molar-refractivity contribution in [2.24, 2.45) is 20.0 Å². The zero-order valence-corrected chi connectivity index (χ0v) is 27.6. The van der Waals surface area contributed by atoms with Crippen molar-refractivity contribution in [2.75, 3.05) is 31.1 Å². The molecule has 13 heteroatoms. The molecule has 4 rings (SSSR count). The second-order valence-electron chi connectivity index (χ2n) is 13.1. The van der Waals surface area contributed by atoms with Crippen LogP contribution in [0, 0.1) is 17.2 Å². The molecule has 3 heterocycles. The van der Waals surface area contributed by atoms with Gasteiger partial charge < -0.3 is 23.7 Å². The van der Waals surface area contributed by atoms with Crippen molar-refractivity contribution in [1.29, 1.82) is 5.26 Å². The Morgan fingerprint density at radius 2 is 1.75 bits per heavy atom.